The van der Waals surface area contributed by atoms with Crippen molar-refractivity contribution in [2.45, 2.75) is 70.0 Å². The predicted molar refractivity (Wildman–Crippen MR) is 153 cm³/mol. The minimum Gasteiger partial charge on any atom is -0.327 e. The van der Waals surface area contributed by atoms with E-state index in [0.717, 1.165) is 67.4 Å². The number of likely N-dealkylation sites (tertiary alicyclic amines) is 1. The van der Waals surface area contributed by atoms with Crippen LogP contribution in [0.1, 0.15) is 83.8 Å². The zero-order chi connectivity index (χ0) is 26.1. The van der Waals surface area contributed by atoms with E-state index in [1.54, 1.807) is 11.3 Å². The smallest absolute Gasteiger partial charge is 0.254 e. The molecule has 38 heavy (non-hydrogen) atoms. The van der Waals surface area contributed by atoms with Crippen molar-refractivity contribution in [2.75, 3.05) is 18.4 Å². The Morgan fingerprint density at radius 1 is 0.947 bits per heavy atom. The molecule has 1 saturated carbocycles. The molecule has 1 aromatic heterocycles. The number of amides is 2. The van der Waals surface area contributed by atoms with E-state index in [0.29, 0.717) is 5.56 Å². The zero-order valence-corrected chi connectivity index (χ0v) is 23.0. The highest BCUT2D eigenvalue weighted by Crippen LogP contribution is 2.47. The standard InChI is InChI=1S/C32H37N3O2S/c1-22-16-18-34(19-17-22)21-23-12-14-24(15-13-23)33-31(36)29-26-9-4-5-10-27(26)32(37)35(25-7-2-3-8-25)30(29)28-11-6-20-38-28/h4-6,9-15,20,22,25,29-30H,2-3,7-8,16-19,21H2,1H3,(H,33,36)/t29-,30+/m0/s1. The molecule has 6 rings (SSSR count). The summed E-state index contributed by atoms with van der Waals surface area (Å²) in [5.41, 5.74) is 3.57. The third-order valence-corrected chi connectivity index (χ3v) is 9.66. The largest absolute Gasteiger partial charge is 0.327 e. The van der Waals surface area contributed by atoms with Crippen LogP contribution in [0, 0.1) is 5.92 Å². The Morgan fingerprint density at radius 2 is 1.68 bits per heavy atom. The number of carbonyl (C=O) groups is 2. The molecule has 0 unspecified atom stereocenters. The molecule has 198 valence electrons. The number of hydrogen-bond acceptors (Lipinski definition) is 4. The molecule has 2 atom stereocenters. The normalized spacial score (nSPS) is 23.0. The van der Waals surface area contributed by atoms with Crippen molar-refractivity contribution in [3.63, 3.8) is 0 Å². The van der Waals surface area contributed by atoms with Gasteiger partial charge in [0.25, 0.3) is 5.91 Å². The van der Waals surface area contributed by atoms with Crippen molar-refractivity contribution in [1.82, 2.24) is 9.80 Å². The zero-order valence-electron chi connectivity index (χ0n) is 22.1. The fraction of sp³-hybridized carbons (Fsp3) is 0.438. The van der Waals surface area contributed by atoms with Gasteiger partial charge in [0, 0.05) is 28.7 Å². The highest BCUT2D eigenvalue weighted by Gasteiger charge is 2.47. The van der Waals surface area contributed by atoms with E-state index < -0.39 is 5.92 Å². The summed E-state index contributed by atoms with van der Waals surface area (Å²) in [6.45, 7) is 5.60. The lowest BCUT2D eigenvalue weighted by molar-refractivity contribution is -0.119. The SMILES string of the molecule is CC1CCN(Cc2ccc(NC(=O)[C@H]3c4ccccc4C(=O)N(C4CCCC4)[C@@H]3c3cccs3)cc2)CC1. The summed E-state index contributed by atoms with van der Waals surface area (Å²) >= 11 is 1.64. The van der Waals surface area contributed by atoms with Gasteiger partial charge in [-0.25, -0.2) is 0 Å². The minimum atomic E-state index is -0.460. The maximum absolute atomic E-state index is 14.1. The van der Waals surface area contributed by atoms with Crippen LogP contribution >= 0.6 is 11.3 Å². The maximum atomic E-state index is 14.1. The van der Waals surface area contributed by atoms with Crippen LogP contribution in [0.3, 0.4) is 0 Å². The lowest BCUT2D eigenvalue weighted by Crippen LogP contribution is -2.49. The van der Waals surface area contributed by atoms with E-state index >= 15 is 0 Å². The second kappa shape index (κ2) is 11.0. The first kappa shape index (κ1) is 25.3. The van der Waals surface area contributed by atoms with E-state index in [1.807, 2.05) is 52.7 Å². The third-order valence-electron chi connectivity index (χ3n) is 8.72. The number of nitrogens with one attached hydrogen (secondary N) is 1. The van der Waals surface area contributed by atoms with Gasteiger partial charge in [-0.15, -0.1) is 11.3 Å². The number of thiophene rings is 1. The molecule has 1 N–H and O–H groups in total. The van der Waals surface area contributed by atoms with E-state index in [-0.39, 0.29) is 23.9 Å². The molecule has 6 heteroatoms. The van der Waals surface area contributed by atoms with Crippen LogP contribution in [0.25, 0.3) is 0 Å². The fourth-order valence-electron chi connectivity index (χ4n) is 6.57. The second-order valence-corrected chi connectivity index (χ2v) is 12.3. The summed E-state index contributed by atoms with van der Waals surface area (Å²) in [5, 5.41) is 5.27. The van der Waals surface area contributed by atoms with Crippen LogP contribution in [0.4, 0.5) is 5.69 Å². The van der Waals surface area contributed by atoms with Crippen molar-refractivity contribution >= 4 is 28.8 Å². The van der Waals surface area contributed by atoms with E-state index in [9.17, 15) is 9.59 Å². The van der Waals surface area contributed by atoms with Crippen LogP contribution in [0.2, 0.25) is 0 Å². The van der Waals surface area contributed by atoms with Gasteiger partial charge in [0.2, 0.25) is 5.91 Å². The van der Waals surface area contributed by atoms with Crippen molar-refractivity contribution in [2.24, 2.45) is 5.92 Å². The summed E-state index contributed by atoms with van der Waals surface area (Å²) in [6.07, 6.45) is 6.80. The molecule has 3 aliphatic rings. The molecule has 1 aliphatic carbocycles. The molecule has 2 aromatic carbocycles. The van der Waals surface area contributed by atoms with Gasteiger partial charge in [0.15, 0.2) is 0 Å². The Balaban J connectivity index is 1.27. The molecule has 2 aliphatic heterocycles. The molecule has 0 radical (unpaired) electrons. The molecule has 5 nitrogen and oxygen atoms in total. The lowest BCUT2D eigenvalue weighted by atomic mass is 9.80. The quantitative estimate of drug-likeness (QED) is 0.382. The van der Waals surface area contributed by atoms with Gasteiger partial charge in [-0.1, -0.05) is 56.2 Å². The van der Waals surface area contributed by atoms with Gasteiger partial charge in [-0.2, -0.15) is 0 Å². The number of fused-ring (bicyclic) bond motifs is 1. The maximum Gasteiger partial charge on any atom is 0.254 e. The molecular weight excluding hydrogens is 490 g/mol. The number of nitrogens with zero attached hydrogens (tertiary/aromatic N) is 2. The molecule has 3 heterocycles. The molecular formula is C32H37N3O2S. The van der Waals surface area contributed by atoms with Gasteiger partial charge in [-0.3, -0.25) is 14.5 Å². The lowest BCUT2D eigenvalue weighted by Gasteiger charge is -2.44. The van der Waals surface area contributed by atoms with Crippen LogP contribution in [0.15, 0.2) is 66.0 Å². The van der Waals surface area contributed by atoms with Gasteiger partial charge >= 0.3 is 0 Å². The first-order valence-corrected chi connectivity index (χ1v) is 15.0. The minimum absolute atomic E-state index is 0.0517. The average molecular weight is 528 g/mol. The Labute approximate surface area is 229 Å². The van der Waals surface area contributed by atoms with Crippen molar-refractivity contribution in [3.05, 3.63) is 87.6 Å². The predicted octanol–water partition coefficient (Wildman–Crippen LogP) is 6.84. The Bertz CT molecular complexity index is 1260. The van der Waals surface area contributed by atoms with Crippen LogP contribution in [-0.4, -0.2) is 40.7 Å². The average Bonchev–Trinajstić information content (AvgIpc) is 3.66. The Morgan fingerprint density at radius 3 is 2.39 bits per heavy atom. The summed E-state index contributed by atoms with van der Waals surface area (Å²) in [7, 11) is 0. The van der Waals surface area contributed by atoms with Gasteiger partial charge in [0.05, 0.1) is 12.0 Å². The first-order chi connectivity index (χ1) is 18.6. The number of carbonyl (C=O) groups excluding carboxylic acids is 2. The fourth-order valence-corrected chi connectivity index (χ4v) is 7.43. The summed E-state index contributed by atoms with van der Waals surface area (Å²) < 4.78 is 0. The molecule has 3 aromatic rings. The third kappa shape index (κ3) is 5.04. The summed E-state index contributed by atoms with van der Waals surface area (Å²) in [6, 6.07) is 20.0. The number of rotatable bonds is 6. The highest BCUT2D eigenvalue weighted by atomic mass is 32.1. The van der Waals surface area contributed by atoms with Gasteiger partial charge in [0.1, 0.15) is 0 Å². The number of piperidine rings is 1. The van der Waals surface area contributed by atoms with Crippen LogP contribution in [-0.2, 0) is 11.3 Å². The molecule has 2 amide bonds. The van der Waals surface area contributed by atoms with Crippen LogP contribution in [0.5, 0.6) is 0 Å². The highest BCUT2D eigenvalue weighted by molar-refractivity contribution is 7.10. The topological polar surface area (TPSA) is 52.7 Å². The van der Waals surface area contributed by atoms with E-state index in [4.69, 9.17) is 0 Å². The molecule has 2 fully saturated rings. The second-order valence-electron chi connectivity index (χ2n) is 11.3. The first-order valence-electron chi connectivity index (χ1n) is 14.2. The van der Waals surface area contributed by atoms with E-state index in [1.165, 1.54) is 18.4 Å². The van der Waals surface area contributed by atoms with Crippen molar-refractivity contribution in [1.29, 1.82) is 0 Å². The van der Waals surface area contributed by atoms with Crippen LogP contribution < -0.4 is 5.32 Å². The monoisotopic (exact) mass is 527 g/mol. The summed E-state index contributed by atoms with van der Waals surface area (Å²) in [4.78, 5) is 33.6. The molecule has 1 saturated heterocycles. The van der Waals surface area contributed by atoms with Crippen molar-refractivity contribution in [3.8, 4) is 0 Å². The molecule has 0 spiro atoms. The Kier molecular flexibility index (Phi) is 7.35. The number of benzene rings is 2. The van der Waals surface area contributed by atoms with E-state index in [2.05, 4.69) is 35.3 Å². The van der Waals surface area contributed by atoms with Gasteiger partial charge in [-0.05, 0) is 85.5 Å². The molecule has 0 bridgehead atoms. The Hall–Kier alpha value is -2.96. The number of anilines is 1. The van der Waals surface area contributed by atoms with Crippen molar-refractivity contribution < 1.29 is 9.59 Å². The number of hydrogen-bond donors (Lipinski definition) is 1. The summed E-state index contributed by atoms with van der Waals surface area (Å²) in [5.74, 6) is 0.375. The van der Waals surface area contributed by atoms with Gasteiger partial charge < -0.3 is 10.2 Å².